The molecule has 126 valence electrons. The molecule has 0 spiro atoms. The van der Waals surface area contributed by atoms with Crippen LogP contribution in [0.3, 0.4) is 0 Å². The van der Waals surface area contributed by atoms with Crippen molar-refractivity contribution in [2.24, 2.45) is 5.92 Å². The molecule has 23 heavy (non-hydrogen) atoms. The molecule has 0 atom stereocenters. The van der Waals surface area contributed by atoms with Crippen molar-refractivity contribution < 1.29 is 13.2 Å². The summed E-state index contributed by atoms with van der Waals surface area (Å²) < 4.78 is 27.3. The van der Waals surface area contributed by atoms with E-state index in [0.29, 0.717) is 37.5 Å². The van der Waals surface area contributed by atoms with Crippen molar-refractivity contribution in [1.29, 1.82) is 0 Å². The second-order valence-corrected chi connectivity index (χ2v) is 8.38. The maximum absolute atomic E-state index is 12.9. The lowest BCUT2D eigenvalue weighted by molar-refractivity contribution is -0.138. The minimum Gasteiger partial charge on any atom is -0.341 e. The van der Waals surface area contributed by atoms with Crippen molar-refractivity contribution in [1.82, 2.24) is 9.21 Å². The normalized spacial score (nSPS) is 20.8. The lowest BCUT2D eigenvalue weighted by Gasteiger charge is -2.31. The SMILES string of the molecule is Cc1ccccc1S(=O)(=O)N1CCCN(C(=O)C2CCC2)CC1. The Morgan fingerprint density at radius 1 is 1.04 bits per heavy atom. The highest BCUT2D eigenvalue weighted by Gasteiger charge is 2.33. The van der Waals surface area contributed by atoms with Gasteiger partial charge in [0.05, 0.1) is 4.90 Å². The average Bonchev–Trinajstić information content (AvgIpc) is 2.72. The number of hydrogen-bond acceptors (Lipinski definition) is 3. The maximum Gasteiger partial charge on any atom is 0.243 e. The highest BCUT2D eigenvalue weighted by Crippen LogP contribution is 2.29. The van der Waals surface area contributed by atoms with Gasteiger partial charge < -0.3 is 4.90 Å². The summed E-state index contributed by atoms with van der Waals surface area (Å²) in [5.41, 5.74) is 0.763. The average molecular weight is 336 g/mol. The molecule has 1 heterocycles. The number of aryl methyl sites for hydroxylation is 1. The minimum absolute atomic E-state index is 0.175. The molecular weight excluding hydrogens is 312 g/mol. The molecular formula is C17H24N2O3S. The predicted molar refractivity (Wildman–Crippen MR) is 88.5 cm³/mol. The van der Waals surface area contributed by atoms with E-state index in [9.17, 15) is 13.2 Å². The van der Waals surface area contributed by atoms with Crippen LogP contribution >= 0.6 is 0 Å². The van der Waals surface area contributed by atoms with Gasteiger partial charge in [-0.3, -0.25) is 4.79 Å². The van der Waals surface area contributed by atoms with Crippen molar-refractivity contribution in [3.8, 4) is 0 Å². The van der Waals surface area contributed by atoms with E-state index in [1.165, 1.54) is 4.31 Å². The van der Waals surface area contributed by atoms with Gasteiger partial charge in [0.2, 0.25) is 15.9 Å². The summed E-state index contributed by atoms with van der Waals surface area (Å²) >= 11 is 0. The number of sulfonamides is 1. The van der Waals surface area contributed by atoms with E-state index in [2.05, 4.69) is 0 Å². The van der Waals surface area contributed by atoms with Gasteiger partial charge in [-0.1, -0.05) is 24.6 Å². The first-order valence-electron chi connectivity index (χ1n) is 8.35. The predicted octanol–water partition coefficient (Wildman–Crippen LogP) is 2.02. The van der Waals surface area contributed by atoms with Crippen molar-refractivity contribution >= 4 is 15.9 Å². The van der Waals surface area contributed by atoms with Crippen LogP contribution < -0.4 is 0 Å². The molecule has 5 nitrogen and oxygen atoms in total. The highest BCUT2D eigenvalue weighted by atomic mass is 32.2. The van der Waals surface area contributed by atoms with Crippen LogP contribution in [-0.2, 0) is 14.8 Å². The molecule has 3 rings (SSSR count). The van der Waals surface area contributed by atoms with E-state index in [1.54, 1.807) is 12.1 Å². The number of hydrogen-bond donors (Lipinski definition) is 0. The Labute approximate surface area is 138 Å². The molecule has 1 saturated heterocycles. The van der Waals surface area contributed by atoms with E-state index >= 15 is 0 Å². The van der Waals surface area contributed by atoms with Crippen molar-refractivity contribution in [3.63, 3.8) is 0 Å². The topological polar surface area (TPSA) is 57.7 Å². The summed E-state index contributed by atoms with van der Waals surface area (Å²) in [4.78, 5) is 14.6. The Bertz CT molecular complexity index is 683. The van der Waals surface area contributed by atoms with Crippen LogP contribution in [0.5, 0.6) is 0 Å². The molecule has 1 saturated carbocycles. The molecule has 6 heteroatoms. The monoisotopic (exact) mass is 336 g/mol. The van der Waals surface area contributed by atoms with E-state index in [1.807, 2.05) is 24.0 Å². The van der Waals surface area contributed by atoms with Gasteiger partial charge >= 0.3 is 0 Å². The zero-order chi connectivity index (χ0) is 16.4. The van der Waals surface area contributed by atoms with Gasteiger partial charge in [0, 0.05) is 32.1 Å². The third-order valence-corrected chi connectivity index (χ3v) is 6.99. The lowest BCUT2D eigenvalue weighted by Crippen LogP contribution is -2.41. The highest BCUT2D eigenvalue weighted by molar-refractivity contribution is 7.89. The molecule has 0 radical (unpaired) electrons. The third-order valence-electron chi connectivity index (χ3n) is 4.93. The van der Waals surface area contributed by atoms with Gasteiger partial charge in [-0.15, -0.1) is 0 Å². The number of rotatable bonds is 3. The quantitative estimate of drug-likeness (QED) is 0.848. The van der Waals surface area contributed by atoms with E-state index in [0.717, 1.165) is 24.8 Å². The number of nitrogens with zero attached hydrogens (tertiary/aromatic N) is 2. The molecule has 2 fully saturated rings. The van der Waals surface area contributed by atoms with Crippen LogP contribution in [0.4, 0.5) is 0 Å². The molecule has 1 aliphatic carbocycles. The first-order chi connectivity index (χ1) is 11.0. The largest absolute Gasteiger partial charge is 0.341 e. The maximum atomic E-state index is 12.9. The van der Waals surface area contributed by atoms with Gasteiger partial charge in [0.1, 0.15) is 0 Å². The Morgan fingerprint density at radius 2 is 1.78 bits per heavy atom. The summed E-state index contributed by atoms with van der Waals surface area (Å²) in [6.07, 6.45) is 3.81. The zero-order valence-electron chi connectivity index (χ0n) is 13.6. The van der Waals surface area contributed by atoms with Gasteiger partial charge in [-0.2, -0.15) is 4.31 Å². The standard InChI is InChI=1S/C17H24N2O3S/c1-14-6-2-3-9-16(14)23(21,22)19-11-5-10-18(12-13-19)17(20)15-7-4-8-15/h2-3,6,9,15H,4-5,7-8,10-13H2,1H3. The summed E-state index contributed by atoms with van der Waals surface area (Å²) in [5.74, 6) is 0.390. The second-order valence-electron chi connectivity index (χ2n) is 6.48. The van der Waals surface area contributed by atoms with Crippen LogP contribution in [0.15, 0.2) is 29.2 Å². The van der Waals surface area contributed by atoms with Gasteiger partial charge in [-0.25, -0.2) is 8.42 Å². The smallest absolute Gasteiger partial charge is 0.243 e. The number of amides is 1. The Balaban J connectivity index is 1.72. The van der Waals surface area contributed by atoms with Gasteiger partial charge in [0.25, 0.3) is 0 Å². The summed E-state index contributed by atoms with van der Waals surface area (Å²) in [6.45, 7) is 3.84. The molecule has 1 aromatic rings. The number of benzene rings is 1. The molecule has 0 unspecified atom stereocenters. The zero-order valence-corrected chi connectivity index (χ0v) is 14.4. The first kappa shape index (κ1) is 16.5. The molecule has 0 aromatic heterocycles. The van der Waals surface area contributed by atoms with E-state index in [-0.39, 0.29) is 11.8 Å². The molecule has 0 bridgehead atoms. The number of carbonyl (C=O) groups is 1. The second kappa shape index (κ2) is 6.61. The fourth-order valence-corrected chi connectivity index (χ4v) is 4.95. The van der Waals surface area contributed by atoms with Gasteiger partial charge in [0.15, 0.2) is 0 Å². The van der Waals surface area contributed by atoms with Crippen LogP contribution in [0.25, 0.3) is 0 Å². The molecule has 1 aromatic carbocycles. The molecule has 0 N–H and O–H groups in total. The third kappa shape index (κ3) is 3.28. The fraction of sp³-hybridized carbons (Fsp3) is 0.588. The molecule has 2 aliphatic rings. The van der Waals surface area contributed by atoms with Crippen molar-refractivity contribution in [2.75, 3.05) is 26.2 Å². The minimum atomic E-state index is -3.48. The lowest BCUT2D eigenvalue weighted by atomic mass is 9.84. The van der Waals surface area contributed by atoms with E-state index in [4.69, 9.17) is 0 Å². The van der Waals surface area contributed by atoms with Crippen molar-refractivity contribution in [3.05, 3.63) is 29.8 Å². The van der Waals surface area contributed by atoms with Crippen molar-refractivity contribution in [2.45, 2.75) is 37.5 Å². The molecule has 1 aliphatic heterocycles. The Morgan fingerprint density at radius 3 is 2.43 bits per heavy atom. The van der Waals surface area contributed by atoms with Crippen LogP contribution in [0.2, 0.25) is 0 Å². The van der Waals surface area contributed by atoms with E-state index < -0.39 is 10.0 Å². The van der Waals surface area contributed by atoms with Crippen LogP contribution in [0, 0.1) is 12.8 Å². The summed E-state index contributed by atoms with van der Waals surface area (Å²) in [5, 5.41) is 0. The summed E-state index contributed by atoms with van der Waals surface area (Å²) in [7, 11) is -3.48. The first-order valence-corrected chi connectivity index (χ1v) is 9.79. The van der Waals surface area contributed by atoms with Crippen LogP contribution in [-0.4, -0.2) is 49.7 Å². The summed E-state index contributed by atoms with van der Waals surface area (Å²) in [6, 6.07) is 7.07. The Kier molecular flexibility index (Phi) is 4.73. The Hall–Kier alpha value is -1.40. The van der Waals surface area contributed by atoms with Crippen LogP contribution in [0.1, 0.15) is 31.2 Å². The van der Waals surface area contributed by atoms with Gasteiger partial charge in [-0.05, 0) is 37.8 Å². The fourth-order valence-electron chi connectivity index (χ4n) is 3.25. The molecule has 1 amide bonds. The number of carbonyl (C=O) groups excluding carboxylic acids is 1.